The van der Waals surface area contributed by atoms with Gasteiger partial charge in [0.05, 0.1) is 17.9 Å². The molecule has 1 amide bonds. The van der Waals surface area contributed by atoms with E-state index in [1.807, 2.05) is 72.3 Å². The number of thiophene rings is 1. The van der Waals surface area contributed by atoms with Gasteiger partial charge in [-0.25, -0.2) is 9.48 Å². The second kappa shape index (κ2) is 10.5. The van der Waals surface area contributed by atoms with Crippen LogP contribution in [0.4, 0.5) is 5.69 Å². The number of hydrogen-bond donors (Lipinski definition) is 1. The molecule has 0 saturated carbocycles. The van der Waals surface area contributed by atoms with E-state index in [9.17, 15) is 9.59 Å². The number of nitrogens with zero attached hydrogens (tertiary/aromatic N) is 3. The standard InChI is InChI=1S/C26H28N4O3S/c1-4-29(5-2)20-13-11-19(12-14-20)24(31)27-15-16-33-26(32)23-17-22-18(3)28-30(25(22)34-23)21-9-7-6-8-10-21/h6-14,17H,4-5,15-16H2,1-3H3,(H,27,31). The van der Waals surface area contributed by atoms with Crippen molar-refractivity contribution in [3.05, 3.63) is 76.8 Å². The molecule has 2 heterocycles. The average Bonchev–Trinajstić information content (AvgIpc) is 3.44. The Hall–Kier alpha value is -3.65. The van der Waals surface area contributed by atoms with Gasteiger partial charge in [-0.3, -0.25) is 4.79 Å². The van der Waals surface area contributed by atoms with Crippen molar-refractivity contribution in [3.8, 4) is 5.69 Å². The van der Waals surface area contributed by atoms with Crippen molar-refractivity contribution in [1.29, 1.82) is 0 Å². The number of carbonyl (C=O) groups is 2. The highest BCUT2D eigenvalue weighted by Crippen LogP contribution is 2.30. The number of hydrogen-bond acceptors (Lipinski definition) is 6. The van der Waals surface area contributed by atoms with E-state index in [1.165, 1.54) is 11.3 Å². The van der Waals surface area contributed by atoms with Crippen LogP contribution in [-0.2, 0) is 4.74 Å². The Kier molecular flexibility index (Phi) is 7.27. The van der Waals surface area contributed by atoms with Gasteiger partial charge >= 0.3 is 5.97 Å². The van der Waals surface area contributed by atoms with Crippen molar-refractivity contribution in [1.82, 2.24) is 15.1 Å². The van der Waals surface area contributed by atoms with Gasteiger partial charge in [0, 0.05) is 29.7 Å². The fraction of sp³-hybridized carbons (Fsp3) is 0.269. The zero-order chi connectivity index (χ0) is 24.1. The lowest BCUT2D eigenvalue weighted by atomic mass is 10.2. The highest BCUT2D eigenvalue weighted by molar-refractivity contribution is 7.20. The topological polar surface area (TPSA) is 76.5 Å². The van der Waals surface area contributed by atoms with Crippen molar-refractivity contribution < 1.29 is 14.3 Å². The zero-order valence-corrected chi connectivity index (χ0v) is 20.4. The number of para-hydroxylation sites is 1. The van der Waals surface area contributed by atoms with Gasteiger partial charge in [-0.2, -0.15) is 5.10 Å². The minimum Gasteiger partial charge on any atom is -0.460 e. The maximum Gasteiger partial charge on any atom is 0.348 e. The summed E-state index contributed by atoms with van der Waals surface area (Å²) in [6.45, 7) is 8.29. The molecule has 0 radical (unpaired) electrons. The van der Waals surface area contributed by atoms with Crippen LogP contribution in [-0.4, -0.2) is 47.9 Å². The largest absolute Gasteiger partial charge is 0.460 e. The minimum atomic E-state index is -0.405. The molecular weight excluding hydrogens is 448 g/mol. The van der Waals surface area contributed by atoms with Crippen LogP contribution >= 0.6 is 11.3 Å². The molecule has 8 heteroatoms. The van der Waals surface area contributed by atoms with Gasteiger partial charge in [-0.05, 0) is 63.2 Å². The predicted octanol–water partition coefficient (Wildman–Crippen LogP) is 4.83. The van der Waals surface area contributed by atoms with Crippen LogP contribution in [0.5, 0.6) is 0 Å². The van der Waals surface area contributed by atoms with Crippen molar-refractivity contribution >= 4 is 39.1 Å². The number of fused-ring (bicyclic) bond motifs is 1. The summed E-state index contributed by atoms with van der Waals surface area (Å²) in [7, 11) is 0. The van der Waals surface area contributed by atoms with Crippen LogP contribution in [0.15, 0.2) is 60.7 Å². The van der Waals surface area contributed by atoms with Crippen LogP contribution in [0.1, 0.15) is 39.6 Å². The molecule has 0 fully saturated rings. The third-order valence-electron chi connectivity index (χ3n) is 5.63. The van der Waals surface area contributed by atoms with Crippen molar-refractivity contribution in [2.24, 2.45) is 0 Å². The van der Waals surface area contributed by atoms with Crippen molar-refractivity contribution in [2.45, 2.75) is 20.8 Å². The van der Waals surface area contributed by atoms with Gasteiger partial charge in [0.15, 0.2) is 0 Å². The molecule has 0 atom stereocenters. The molecule has 34 heavy (non-hydrogen) atoms. The first-order valence-corrected chi connectivity index (χ1v) is 12.2. The van der Waals surface area contributed by atoms with Gasteiger partial charge in [0.1, 0.15) is 16.3 Å². The number of amides is 1. The molecule has 0 saturated heterocycles. The summed E-state index contributed by atoms with van der Waals surface area (Å²) in [5.41, 5.74) is 3.46. The quantitative estimate of drug-likeness (QED) is 0.277. The predicted molar refractivity (Wildman–Crippen MR) is 136 cm³/mol. The minimum absolute atomic E-state index is 0.0974. The number of nitrogens with one attached hydrogen (secondary N) is 1. The Morgan fingerprint density at radius 2 is 1.76 bits per heavy atom. The van der Waals surface area contributed by atoms with E-state index in [1.54, 1.807) is 0 Å². The van der Waals surface area contributed by atoms with E-state index in [0.29, 0.717) is 10.4 Å². The summed E-state index contributed by atoms with van der Waals surface area (Å²) in [4.78, 5) is 28.6. The number of aryl methyl sites for hydroxylation is 1. The number of carbonyl (C=O) groups excluding carboxylic acids is 2. The highest BCUT2D eigenvalue weighted by atomic mass is 32.1. The van der Waals surface area contributed by atoms with Crippen LogP contribution in [0.2, 0.25) is 0 Å². The fourth-order valence-electron chi connectivity index (χ4n) is 3.79. The van der Waals surface area contributed by atoms with Crippen LogP contribution in [0, 0.1) is 6.92 Å². The number of esters is 1. The number of anilines is 1. The number of aromatic nitrogens is 2. The molecule has 1 N–H and O–H groups in total. The van der Waals surface area contributed by atoms with E-state index >= 15 is 0 Å². The lowest BCUT2D eigenvalue weighted by Crippen LogP contribution is -2.28. The first kappa shape index (κ1) is 23.5. The fourth-order valence-corrected chi connectivity index (χ4v) is 4.86. The monoisotopic (exact) mass is 476 g/mol. The molecule has 4 rings (SSSR count). The van der Waals surface area contributed by atoms with Gasteiger partial charge in [-0.15, -0.1) is 11.3 Å². The highest BCUT2D eigenvalue weighted by Gasteiger charge is 2.18. The Bertz CT molecular complexity index is 1270. The van der Waals surface area contributed by atoms with Crippen LogP contribution in [0.25, 0.3) is 15.9 Å². The summed E-state index contributed by atoms with van der Waals surface area (Å²) in [5, 5.41) is 8.33. The van der Waals surface area contributed by atoms with Gasteiger partial charge in [0.2, 0.25) is 0 Å². The molecule has 7 nitrogen and oxygen atoms in total. The Morgan fingerprint density at radius 1 is 1.06 bits per heavy atom. The van der Waals surface area contributed by atoms with Gasteiger partial charge in [-0.1, -0.05) is 18.2 Å². The third-order valence-corrected chi connectivity index (χ3v) is 6.72. The first-order chi connectivity index (χ1) is 16.5. The van der Waals surface area contributed by atoms with E-state index in [4.69, 9.17) is 4.74 Å². The molecule has 0 aliphatic carbocycles. The molecule has 0 aliphatic rings. The number of rotatable bonds is 9. The smallest absolute Gasteiger partial charge is 0.348 e. The lowest BCUT2D eigenvalue weighted by Gasteiger charge is -2.21. The van der Waals surface area contributed by atoms with E-state index in [2.05, 4.69) is 29.2 Å². The molecule has 0 aliphatic heterocycles. The zero-order valence-electron chi connectivity index (χ0n) is 19.6. The molecule has 0 spiro atoms. The maximum absolute atomic E-state index is 12.6. The number of benzene rings is 2. The molecule has 176 valence electrons. The summed E-state index contributed by atoms with van der Waals surface area (Å²) in [6, 6.07) is 19.1. The SMILES string of the molecule is CCN(CC)c1ccc(C(=O)NCCOC(=O)c2cc3c(C)nn(-c4ccccc4)c3s2)cc1. The van der Waals surface area contributed by atoms with Crippen molar-refractivity contribution in [3.63, 3.8) is 0 Å². The van der Waals surface area contributed by atoms with E-state index < -0.39 is 5.97 Å². The second-order valence-corrected chi connectivity index (χ2v) is 8.80. The first-order valence-electron chi connectivity index (χ1n) is 11.4. The molecule has 2 aromatic heterocycles. The van der Waals surface area contributed by atoms with Gasteiger partial charge < -0.3 is 15.0 Å². The Labute approximate surface area is 203 Å². The second-order valence-electron chi connectivity index (χ2n) is 7.77. The van der Waals surface area contributed by atoms with Crippen LogP contribution < -0.4 is 10.2 Å². The molecule has 4 aromatic rings. The van der Waals surface area contributed by atoms with Crippen LogP contribution in [0.3, 0.4) is 0 Å². The molecule has 0 unspecified atom stereocenters. The van der Waals surface area contributed by atoms with Crippen molar-refractivity contribution in [2.75, 3.05) is 31.1 Å². The summed E-state index contributed by atoms with van der Waals surface area (Å²) in [5.74, 6) is -0.597. The Morgan fingerprint density at radius 3 is 2.44 bits per heavy atom. The molecular formula is C26H28N4O3S. The van der Waals surface area contributed by atoms with E-state index in [-0.39, 0.29) is 19.1 Å². The average molecular weight is 477 g/mol. The maximum atomic E-state index is 12.6. The summed E-state index contributed by atoms with van der Waals surface area (Å²) in [6.07, 6.45) is 0. The normalized spacial score (nSPS) is 10.9. The number of ether oxygens (including phenoxy) is 1. The summed E-state index contributed by atoms with van der Waals surface area (Å²) >= 11 is 1.35. The van der Waals surface area contributed by atoms with E-state index in [0.717, 1.165) is 40.4 Å². The van der Waals surface area contributed by atoms with Gasteiger partial charge in [0.25, 0.3) is 5.91 Å². The summed E-state index contributed by atoms with van der Waals surface area (Å²) < 4.78 is 7.24. The lowest BCUT2D eigenvalue weighted by molar-refractivity contribution is 0.0509. The molecule has 0 bridgehead atoms. The molecule has 2 aromatic carbocycles. The Balaban J connectivity index is 1.32. The third kappa shape index (κ3) is 4.97.